The minimum atomic E-state index is 0.353. The zero-order valence-corrected chi connectivity index (χ0v) is 16.3. The number of halogens is 1. The number of hydrogen-bond acceptors (Lipinski definition) is 5. The molecular weight excluding hydrogens is 370 g/mol. The summed E-state index contributed by atoms with van der Waals surface area (Å²) in [4.78, 5) is 0. The molecule has 5 nitrogen and oxygen atoms in total. The largest absolute Gasteiger partial charge is 0.493 e. The van der Waals surface area contributed by atoms with Crippen LogP contribution >= 0.6 is 23.4 Å². The van der Waals surface area contributed by atoms with Crippen molar-refractivity contribution >= 4 is 23.4 Å². The van der Waals surface area contributed by atoms with E-state index in [2.05, 4.69) is 17.1 Å². The first kappa shape index (κ1) is 18.6. The lowest BCUT2D eigenvalue weighted by Crippen LogP contribution is -2.05. The third kappa shape index (κ3) is 5.16. The van der Waals surface area contributed by atoms with Crippen LogP contribution in [0.5, 0.6) is 11.5 Å². The molecule has 1 heterocycles. The van der Waals surface area contributed by atoms with E-state index in [4.69, 9.17) is 21.1 Å². The molecular formula is C19H20ClN3O2S. The number of hydrogen-bond donors (Lipinski definition) is 0. The molecule has 7 heteroatoms. The van der Waals surface area contributed by atoms with Crippen molar-refractivity contribution in [2.24, 2.45) is 7.05 Å². The minimum Gasteiger partial charge on any atom is -0.493 e. The first-order valence-corrected chi connectivity index (χ1v) is 9.57. The second-order valence-electron chi connectivity index (χ2n) is 5.71. The molecule has 0 bridgehead atoms. The molecule has 136 valence electrons. The topological polar surface area (TPSA) is 49.2 Å². The van der Waals surface area contributed by atoms with Crippen LogP contribution in [0.15, 0.2) is 53.7 Å². The maximum Gasteiger partial charge on any atom is 0.191 e. The number of thioether (sulfide) groups is 1. The summed E-state index contributed by atoms with van der Waals surface area (Å²) in [6.45, 7) is 3.02. The molecule has 0 aliphatic rings. The van der Waals surface area contributed by atoms with Crippen LogP contribution in [0.1, 0.15) is 11.4 Å². The van der Waals surface area contributed by atoms with Gasteiger partial charge in [0.1, 0.15) is 18.1 Å². The molecule has 0 radical (unpaired) electrons. The predicted octanol–water partition coefficient (Wildman–Crippen LogP) is 4.53. The summed E-state index contributed by atoms with van der Waals surface area (Å²) < 4.78 is 13.4. The summed E-state index contributed by atoms with van der Waals surface area (Å²) in [5.41, 5.74) is 1.22. The molecule has 26 heavy (non-hydrogen) atoms. The molecule has 0 aliphatic carbocycles. The van der Waals surface area contributed by atoms with E-state index in [0.29, 0.717) is 18.2 Å². The lowest BCUT2D eigenvalue weighted by molar-refractivity contribution is 0.290. The smallest absolute Gasteiger partial charge is 0.191 e. The van der Waals surface area contributed by atoms with Gasteiger partial charge < -0.3 is 14.0 Å². The molecule has 0 amide bonds. The molecule has 3 aromatic rings. The number of benzene rings is 2. The molecule has 0 unspecified atom stereocenters. The van der Waals surface area contributed by atoms with Crippen LogP contribution in [0.25, 0.3) is 0 Å². The Morgan fingerprint density at radius 1 is 0.962 bits per heavy atom. The quantitative estimate of drug-likeness (QED) is 0.418. The SMILES string of the molecule is Cc1ccc(OCCSc2nnc(COc3ccc(Cl)cc3)n2C)cc1. The molecule has 0 saturated carbocycles. The van der Waals surface area contributed by atoms with Crippen LogP contribution < -0.4 is 9.47 Å². The molecule has 0 fully saturated rings. The zero-order chi connectivity index (χ0) is 18.4. The van der Waals surface area contributed by atoms with Crippen molar-refractivity contribution in [3.8, 4) is 11.5 Å². The molecule has 0 atom stereocenters. The van der Waals surface area contributed by atoms with Gasteiger partial charge in [-0.3, -0.25) is 0 Å². The number of aryl methyl sites for hydroxylation is 1. The van der Waals surface area contributed by atoms with Gasteiger partial charge in [-0.25, -0.2) is 0 Å². The Balaban J connectivity index is 1.45. The van der Waals surface area contributed by atoms with Gasteiger partial charge in [-0.2, -0.15) is 0 Å². The Morgan fingerprint density at radius 2 is 1.62 bits per heavy atom. The second kappa shape index (κ2) is 8.96. The predicted molar refractivity (Wildman–Crippen MR) is 104 cm³/mol. The van der Waals surface area contributed by atoms with E-state index in [9.17, 15) is 0 Å². The summed E-state index contributed by atoms with van der Waals surface area (Å²) in [6.07, 6.45) is 0. The van der Waals surface area contributed by atoms with Gasteiger partial charge in [-0.1, -0.05) is 41.1 Å². The maximum atomic E-state index is 5.87. The monoisotopic (exact) mass is 389 g/mol. The summed E-state index contributed by atoms with van der Waals surface area (Å²) in [5.74, 6) is 3.18. The van der Waals surface area contributed by atoms with Crippen molar-refractivity contribution in [1.29, 1.82) is 0 Å². The van der Waals surface area contributed by atoms with Crippen LogP contribution in [-0.2, 0) is 13.7 Å². The average molecular weight is 390 g/mol. The lowest BCUT2D eigenvalue weighted by atomic mass is 10.2. The van der Waals surface area contributed by atoms with Crippen LogP contribution in [0.2, 0.25) is 5.02 Å². The van der Waals surface area contributed by atoms with Gasteiger partial charge >= 0.3 is 0 Å². The van der Waals surface area contributed by atoms with E-state index in [1.807, 2.05) is 48.0 Å². The van der Waals surface area contributed by atoms with E-state index < -0.39 is 0 Å². The minimum absolute atomic E-state index is 0.353. The first-order valence-electron chi connectivity index (χ1n) is 8.21. The van der Waals surface area contributed by atoms with Gasteiger partial charge in [0, 0.05) is 17.8 Å². The average Bonchev–Trinajstić information content (AvgIpc) is 3.00. The number of ether oxygens (including phenoxy) is 2. The first-order chi connectivity index (χ1) is 12.6. The van der Waals surface area contributed by atoms with Crippen molar-refractivity contribution in [2.75, 3.05) is 12.4 Å². The van der Waals surface area contributed by atoms with E-state index in [0.717, 1.165) is 28.2 Å². The highest BCUT2D eigenvalue weighted by Gasteiger charge is 2.10. The highest BCUT2D eigenvalue weighted by atomic mass is 35.5. The van der Waals surface area contributed by atoms with Crippen molar-refractivity contribution < 1.29 is 9.47 Å². The van der Waals surface area contributed by atoms with Crippen molar-refractivity contribution in [3.63, 3.8) is 0 Å². The molecule has 3 rings (SSSR count). The molecule has 1 aromatic heterocycles. The van der Waals surface area contributed by atoms with Gasteiger partial charge in [0.25, 0.3) is 0 Å². The van der Waals surface area contributed by atoms with E-state index in [-0.39, 0.29) is 0 Å². The van der Waals surface area contributed by atoms with Gasteiger partial charge in [0.2, 0.25) is 0 Å². The standard InChI is InChI=1S/C19H20ClN3O2S/c1-14-3-7-16(8-4-14)24-11-12-26-19-22-21-18(23(19)2)13-25-17-9-5-15(20)6-10-17/h3-10H,11-13H2,1-2H3. The Morgan fingerprint density at radius 3 is 2.35 bits per heavy atom. The second-order valence-corrected chi connectivity index (χ2v) is 7.21. The zero-order valence-electron chi connectivity index (χ0n) is 14.7. The number of aromatic nitrogens is 3. The Labute approximate surface area is 162 Å². The highest BCUT2D eigenvalue weighted by Crippen LogP contribution is 2.19. The summed E-state index contributed by atoms with van der Waals surface area (Å²) in [5, 5.41) is 9.94. The van der Waals surface area contributed by atoms with Gasteiger partial charge in [0.05, 0.1) is 6.61 Å². The fraction of sp³-hybridized carbons (Fsp3) is 0.263. The van der Waals surface area contributed by atoms with Gasteiger partial charge in [-0.15, -0.1) is 10.2 Å². The lowest BCUT2D eigenvalue weighted by Gasteiger charge is -2.07. The van der Waals surface area contributed by atoms with Crippen molar-refractivity contribution in [3.05, 3.63) is 64.9 Å². The molecule has 2 aromatic carbocycles. The van der Waals surface area contributed by atoms with Gasteiger partial charge in [-0.05, 0) is 43.3 Å². The van der Waals surface area contributed by atoms with E-state index >= 15 is 0 Å². The van der Waals surface area contributed by atoms with E-state index in [1.165, 1.54) is 5.56 Å². The fourth-order valence-electron chi connectivity index (χ4n) is 2.20. The van der Waals surface area contributed by atoms with Crippen LogP contribution in [0.3, 0.4) is 0 Å². The normalized spacial score (nSPS) is 10.7. The Kier molecular flexibility index (Phi) is 6.41. The number of rotatable bonds is 8. The highest BCUT2D eigenvalue weighted by molar-refractivity contribution is 7.99. The maximum absolute atomic E-state index is 5.87. The summed E-state index contributed by atoms with van der Waals surface area (Å²) in [7, 11) is 1.93. The molecule has 0 saturated heterocycles. The van der Waals surface area contributed by atoms with Gasteiger partial charge in [0.15, 0.2) is 11.0 Å². The number of nitrogens with zero attached hydrogens (tertiary/aromatic N) is 3. The third-order valence-electron chi connectivity index (χ3n) is 3.71. The summed E-state index contributed by atoms with van der Waals surface area (Å²) >= 11 is 7.47. The van der Waals surface area contributed by atoms with E-state index in [1.54, 1.807) is 23.9 Å². The molecule has 0 spiro atoms. The van der Waals surface area contributed by atoms with Crippen LogP contribution in [0.4, 0.5) is 0 Å². The van der Waals surface area contributed by atoms with Crippen LogP contribution in [0, 0.1) is 6.92 Å². The molecule has 0 N–H and O–H groups in total. The molecule has 0 aliphatic heterocycles. The van der Waals surface area contributed by atoms with Crippen LogP contribution in [-0.4, -0.2) is 27.1 Å². The Bertz CT molecular complexity index is 835. The third-order valence-corrected chi connectivity index (χ3v) is 4.95. The fourth-order valence-corrected chi connectivity index (χ4v) is 3.07. The Hall–Kier alpha value is -2.18. The summed E-state index contributed by atoms with van der Waals surface area (Å²) in [6, 6.07) is 15.3. The van der Waals surface area contributed by atoms with Crippen molar-refractivity contribution in [2.45, 2.75) is 18.7 Å². The van der Waals surface area contributed by atoms with Crippen molar-refractivity contribution in [1.82, 2.24) is 14.8 Å².